The zero-order valence-electron chi connectivity index (χ0n) is 13.4. The number of hydrogen-bond donors (Lipinski definition) is 1. The van der Waals surface area contributed by atoms with E-state index in [9.17, 15) is 0 Å². The molecular formula is C15H34N2O. The van der Waals surface area contributed by atoms with Crippen molar-refractivity contribution in [3.63, 3.8) is 0 Å². The fraction of sp³-hybridized carbons (Fsp3) is 1.00. The molecule has 0 heterocycles. The molecule has 0 radical (unpaired) electrons. The summed E-state index contributed by atoms with van der Waals surface area (Å²) in [5, 5.41) is 3.57. The number of likely N-dealkylation sites (N-methyl/N-ethyl adjacent to an activating group) is 1. The van der Waals surface area contributed by atoms with Crippen molar-refractivity contribution in [3.8, 4) is 0 Å². The molecule has 0 bridgehead atoms. The fourth-order valence-electron chi connectivity index (χ4n) is 2.28. The summed E-state index contributed by atoms with van der Waals surface area (Å²) in [5.41, 5.74) is 0.354. The average Bonchev–Trinajstić information content (AvgIpc) is 2.36. The molecule has 2 atom stereocenters. The first-order valence-electron chi connectivity index (χ1n) is 7.46. The van der Waals surface area contributed by atoms with E-state index in [4.69, 9.17) is 4.74 Å². The summed E-state index contributed by atoms with van der Waals surface area (Å²) in [4.78, 5) is 2.53. The molecule has 0 aromatic rings. The highest BCUT2D eigenvalue weighted by Crippen LogP contribution is 2.22. The van der Waals surface area contributed by atoms with Gasteiger partial charge in [-0.25, -0.2) is 0 Å². The van der Waals surface area contributed by atoms with E-state index < -0.39 is 0 Å². The van der Waals surface area contributed by atoms with E-state index in [1.54, 1.807) is 7.11 Å². The van der Waals surface area contributed by atoms with Gasteiger partial charge in [0.1, 0.15) is 0 Å². The van der Waals surface area contributed by atoms with Crippen LogP contribution in [0.3, 0.4) is 0 Å². The van der Waals surface area contributed by atoms with E-state index in [1.807, 2.05) is 0 Å². The van der Waals surface area contributed by atoms with Crippen LogP contribution in [0.1, 0.15) is 47.5 Å². The van der Waals surface area contributed by atoms with Crippen molar-refractivity contribution in [2.45, 2.75) is 53.5 Å². The highest BCUT2D eigenvalue weighted by Gasteiger charge is 2.26. The smallest absolute Gasteiger partial charge is 0.0615 e. The monoisotopic (exact) mass is 258 g/mol. The lowest BCUT2D eigenvalue weighted by atomic mass is 9.86. The standard InChI is InChI=1S/C15H34N2O/c1-7-10-16-12-15(5,8-2)13-17(9-3)14(4)11-18-6/h14,16H,7-13H2,1-6H3. The molecule has 0 aromatic heterocycles. The fourth-order valence-corrected chi connectivity index (χ4v) is 2.28. The van der Waals surface area contributed by atoms with Gasteiger partial charge < -0.3 is 10.1 Å². The molecule has 0 aliphatic rings. The number of methoxy groups -OCH3 is 1. The van der Waals surface area contributed by atoms with E-state index in [0.717, 1.165) is 32.8 Å². The van der Waals surface area contributed by atoms with Gasteiger partial charge in [0.2, 0.25) is 0 Å². The summed E-state index contributed by atoms with van der Waals surface area (Å²) < 4.78 is 5.28. The molecule has 0 amide bonds. The molecule has 0 rings (SSSR count). The summed E-state index contributed by atoms with van der Waals surface area (Å²) in [6, 6.07) is 0.497. The van der Waals surface area contributed by atoms with E-state index >= 15 is 0 Å². The zero-order valence-corrected chi connectivity index (χ0v) is 13.4. The van der Waals surface area contributed by atoms with E-state index in [0.29, 0.717) is 11.5 Å². The zero-order chi connectivity index (χ0) is 14.0. The van der Waals surface area contributed by atoms with Crippen LogP contribution in [0.15, 0.2) is 0 Å². The molecule has 0 fully saturated rings. The van der Waals surface area contributed by atoms with Gasteiger partial charge in [-0.2, -0.15) is 0 Å². The molecule has 0 aliphatic heterocycles. The lowest BCUT2D eigenvalue weighted by molar-refractivity contribution is 0.0692. The first-order valence-corrected chi connectivity index (χ1v) is 7.46. The second-order valence-electron chi connectivity index (χ2n) is 5.71. The Morgan fingerprint density at radius 2 is 1.94 bits per heavy atom. The van der Waals surface area contributed by atoms with Crippen LogP contribution in [0.2, 0.25) is 0 Å². The average molecular weight is 258 g/mol. The minimum Gasteiger partial charge on any atom is -0.383 e. The van der Waals surface area contributed by atoms with E-state index in [-0.39, 0.29) is 0 Å². The van der Waals surface area contributed by atoms with Gasteiger partial charge in [-0.1, -0.05) is 27.7 Å². The van der Waals surface area contributed by atoms with Crippen LogP contribution in [-0.4, -0.2) is 50.8 Å². The normalized spacial score (nSPS) is 16.8. The molecule has 0 saturated carbocycles. The van der Waals surface area contributed by atoms with Gasteiger partial charge in [-0.15, -0.1) is 0 Å². The summed E-state index contributed by atoms with van der Waals surface area (Å²) >= 11 is 0. The molecule has 2 unspecified atom stereocenters. The maximum atomic E-state index is 5.28. The van der Waals surface area contributed by atoms with Gasteiger partial charge in [0.15, 0.2) is 0 Å². The molecule has 3 heteroatoms. The van der Waals surface area contributed by atoms with Crippen LogP contribution in [0.4, 0.5) is 0 Å². The third-order valence-corrected chi connectivity index (χ3v) is 3.85. The molecule has 0 aliphatic carbocycles. The van der Waals surface area contributed by atoms with Gasteiger partial charge in [-0.05, 0) is 38.3 Å². The van der Waals surface area contributed by atoms with Crippen LogP contribution in [0.5, 0.6) is 0 Å². The van der Waals surface area contributed by atoms with Crippen LogP contribution >= 0.6 is 0 Å². The van der Waals surface area contributed by atoms with Crippen molar-refractivity contribution in [2.24, 2.45) is 5.41 Å². The molecule has 3 nitrogen and oxygen atoms in total. The predicted molar refractivity (Wildman–Crippen MR) is 80.1 cm³/mol. The SMILES string of the molecule is CCCNCC(C)(CC)CN(CC)C(C)COC. The molecular weight excluding hydrogens is 224 g/mol. The molecule has 0 saturated heterocycles. The second-order valence-corrected chi connectivity index (χ2v) is 5.71. The first-order chi connectivity index (χ1) is 8.52. The van der Waals surface area contributed by atoms with Gasteiger partial charge in [0.25, 0.3) is 0 Å². The third-order valence-electron chi connectivity index (χ3n) is 3.85. The Morgan fingerprint density at radius 3 is 2.39 bits per heavy atom. The van der Waals surface area contributed by atoms with Crippen LogP contribution < -0.4 is 5.32 Å². The maximum Gasteiger partial charge on any atom is 0.0615 e. The van der Waals surface area contributed by atoms with Crippen molar-refractivity contribution in [1.82, 2.24) is 10.2 Å². The summed E-state index contributed by atoms with van der Waals surface area (Å²) in [6.45, 7) is 16.7. The Hall–Kier alpha value is -0.120. The summed E-state index contributed by atoms with van der Waals surface area (Å²) in [5.74, 6) is 0. The Balaban J connectivity index is 4.35. The number of ether oxygens (including phenoxy) is 1. The minimum atomic E-state index is 0.354. The number of rotatable bonds is 11. The van der Waals surface area contributed by atoms with Crippen LogP contribution in [0, 0.1) is 5.41 Å². The lowest BCUT2D eigenvalue weighted by Crippen LogP contribution is -2.46. The van der Waals surface area contributed by atoms with Gasteiger partial charge >= 0.3 is 0 Å². The highest BCUT2D eigenvalue weighted by atomic mass is 16.5. The number of nitrogens with zero attached hydrogens (tertiary/aromatic N) is 1. The Bertz CT molecular complexity index is 199. The molecule has 0 aromatic carbocycles. The topological polar surface area (TPSA) is 24.5 Å². The van der Waals surface area contributed by atoms with Gasteiger partial charge in [-0.3, -0.25) is 4.90 Å². The van der Waals surface area contributed by atoms with Crippen molar-refractivity contribution >= 4 is 0 Å². The maximum absolute atomic E-state index is 5.28. The second kappa shape index (κ2) is 9.76. The van der Waals surface area contributed by atoms with E-state index in [1.165, 1.54) is 12.8 Å². The van der Waals surface area contributed by atoms with Crippen molar-refractivity contribution in [1.29, 1.82) is 0 Å². The van der Waals surface area contributed by atoms with Crippen LogP contribution in [0.25, 0.3) is 0 Å². The molecule has 110 valence electrons. The number of hydrogen-bond acceptors (Lipinski definition) is 3. The van der Waals surface area contributed by atoms with Crippen LogP contribution in [-0.2, 0) is 4.74 Å². The number of nitrogens with one attached hydrogen (secondary N) is 1. The van der Waals surface area contributed by atoms with Crippen molar-refractivity contribution in [2.75, 3.05) is 39.9 Å². The Morgan fingerprint density at radius 1 is 1.28 bits per heavy atom. The third kappa shape index (κ3) is 6.72. The minimum absolute atomic E-state index is 0.354. The van der Waals surface area contributed by atoms with Gasteiger partial charge in [0, 0.05) is 26.2 Å². The van der Waals surface area contributed by atoms with Crippen molar-refractivity contribution < 1.29 is 4.74 Å². The largest absolute Gasteiger partial charge is 0.383 e. The highest BCUT2D eigenvalue weighted by molar-refractivity contribution is 4.81. The summed E-state index contributed by atoms with van der Waals surface area (Å²) in [6.07, 6.45) is 2.41. The summed E-state index contributed by atoms with van der Waals surface area (Å²) in [7, 11) is 1.78. The molecule has 1 N–H and O–H groups in total. The van der Waals surface area contributed by atoms with E-state index in [2.05, 4.69) is 44.8 Å². The Labute approximate surface area is 114 Å². The molecule has 0 spiro atoms. The molecule has 18 heavy (non-hydrogen) atoms. The van der Waals surface area contributed by atoms with Crippen molar-refractivity contribution in [3.05, 3.63) is 0 Å². The predicted octanol–water partition coefficient (Wildman–Crippen LogP) is 2.76. The van der Waals surface area contributed by atoms with Gasteiger partial charge in [0.05, 0.1) is 6.61 Å². The Kier molecular flexibility index (Phi) is 9.70. The first kappa shape index (κ1) is 17.9. The quantitative estimate of drug-likeness (QED) is 0.577. The lowest BCUT2D eigenvalue weighted by Gasteiger charge is -2.37.